The van der Waals surface area contributed by atoms with Crippen LogP contribution >= 0.6 is 0 Å². The lowest BCUT2D eigenvalue weighted by molar-refractivity contribution is -0.126. The van der Waals surface area contributed by atoms with E-state index in [1.165, 1.54) is 0 Å². The number of ether oxygens (including phenoxy) is 1. The van der Waals surface area contributed by atoms with E-state index in [1.54, 1.807) is 7.11 Å². The van der Waals surface area contributed by atoms with Gasteiger partial charge in [0.25, 0.3) is 0 Å². The van der Waals surface area contributed by atoms with E-state index in [0.717, 1.165) is 63.2 Å². The number of nitrogens with two attached hydrogens (primary N) is 1. The minimum atomic E-state index is 0.112. The molecule has 132 valence electrons. The molecule has 0 unspecified atom stereocenters. The molecule has 1 aromatic rings. The summed E-state index contributed by atoms with van der Waals surface area (Å²) >= 11 is 0. The van der Waals surface area contributed by atoms with Gasteiger partial charge in [0.05, 0.1) is 12.8 Å². The van der Waals surface area contributed by atoms with Crippen LogP contribution in [-0.2, 0) is 4.79 Å². The largest absolute Gasteiger partial charge is 0.495 e. The van der Waals surface area contributed by atoms with E-state index in [1.807, 2.05) is 18.2 Å². The highest BCUT2D eigenvalue weighted by atomic mass is 16.5. The third-order valence-corrected chi connectivity index (χ3v) is 5.36. The molecule has 5 nitrogen and oxygen atoms in total. The van der Waals surface area contributed by atoms with Crippen molar-refractivity contribution in [1.82, 2.24) is 5.32 Å². The number of hydrogen-bond acceptors (Lipinski definition) is 4. The van der Waals surface area contributed by atoms with Crippen LogP contribution in [0.5, 0.6) is 5.75 Å². The van der Waals surface area contributed by atoms with Gasteiger partial charge in [-0.2, -0.15) is 0 Å². The molecule has 1 saturated heterocycles. The Bertz CT molecular complexity index is 563. The number of amides is 1. The van der Waals surface area contributed by atoms with E-state index >= 15 is 0 Å². The maximum Gasteiger partial charge on any atom is 0.223 e. The van der Waals surface area contributed by atoms with E-state index in [-0.39, 0.29) is 17.9 Å². The minimum Gasteiger partial charge on any atom is -0.495 e. The molecule has 1 aliphatic heterocycles. The van der Waals surface area contributed by atoms with Crippen LogP contribution in [0.1, 0.15) is 32.1 Å². The van der Waals surface area contributed by atoms with E-state index in [2.05, 4.69) is 16.3 Å². The molecule has 2 fully saturated rings. The molecular weight excluding hydrogens is 302 g/mol. The monoisotopic (exact) mass is 331 g/mol. The van der Waals surface area contributed by atoms with Gasteiger partial charge in [-0.05, 0) is 43.7 Å². The van der Waals surface area contributed by atoms with Crippen molar-refractivity contribution in [3.63, 3.8) is 0 Å². The molecular formula is C19H29N3O2. The number of carbonyl (C=O) groups is 1. The molecule has 1 amide bonds. The molecule has 0 spiro atoms. The summed E-state index contributed by atoms with van der Waals surface area (Å²) in [5.74, 6) is 1.72. The summed E-state index contributed by atoms with van der Waals surface area (Å²) in [5, 5.41) is 3.16. The zero-order chi connectivity index (χ0) is 16.9. The fourth-order valence-corrected chi connectivity index (χ4v) is 3.96. The van der Waals surface area contributed by atoms with Gasteiger partial charge >= 0.3 is 0 Å². The van der Waals surface area contributed by atoms with Crippen molar-refractivity contribution >= 4 is 11.6 Å². The lowest BCUT2D eigenvalue weighted by Crippen LogP contribution is -2.39. The number of rotatable bonds is 5. The first kappa shape index (κ1) is 17.1. The number of nitrogens with zero attached hydrogens (tertiary/aromatic N) is 1. The average molecular weight is 331 g/mol. The summed E-state index contributed by atoms with van der Waals surface area (Å²) in [7, 11) is 1.71. The summed E-state index contributed by atoms with van der Waals surface area (Å²) in [4.78, 5) is 14.7. The van der Waals surface area contributed by atoms with Crippen molar-refractivity contribution in [2.75, 3.05) is 31.6 Å². The Hall–Kier alpha value is -1.75. The number of nitrogens with one attached hydrogen (secondary N) is 1. The fourth-order valence-electron chi connectivity index (χ4n) is 3.96. The Kier molecular flexibility index (Phi) is 5.61. The Balaban J connectivity index is 1.49. The van der Waals surface area contributed by atoms with Crippen LogP contribution in [0.25, 0.3) is 0 Å². The van der Waals surface area contributed by atoms with Crippen LogP contribution in [0.2, 0.25) is 0 Å². The van der Waals surface area contributed by atoms with Crippen LogP contribution in [0, 0.1) is 11.8 Å². The number of para-hydroxylation sites is 2. The number of anilines is 1. The van der Waals surface area contributed by atoms with Crippen molar-refractivity contribution in [3.8, 4) is 5.75 Å². The molecule has 1 saturated carbocycles. The number of hydrogen-bond donors (Lipinski definition) is 2. The van der Waals surface area contributed by atoms with E-state index in [4.69, 9.17) is 10.5 Å². The first-order valence-corrected chi connectivity index (χ1v) is 9.08. The predicted octanol–water partition coefficient (Wildman–Crippen LogP) is 2.16. The van der Waals surface area contributed by atoms with Crippen LogP contribution < -0.4 is 20.7 Å². The highest BCUT2D eigenvalue weighted by Gasteiger charge is 2.28. The number of benzene rings is 1. The Labute approximate surface area is 144 Å². The summed E-state index contributed by atoms with van der Waals surface area (Å²) in [6, 6.07) is 8.33. The SMILES string of the molecule is COc1ccccc1N1CC[C@H](CNC(=O)[C@@H]2CCC[C@H](N)C2)C1. The lowest BCUT2D eigenvalue weighted by atomic mass is 9.85. The highest BCUT2D eigenvalue weighted by molar-refractivity contribution is 5.78. The Morgan fingerprint density at radius 1 is 1.33 bits per heavy atom. The van der Waals surface area contributed by atoms with Crippen LogP contribution in [0.4, 0.5) is 5.69 Å². The summed E-state index contributed by atoms with van der Waals surface area (Å²) in [5.41, 5.74) is 7.14. The third-order valence-electron chi connectivity index (χ3n) is 5.36. The molecule has 3 atom stereocenters. The van der Waals surface area contributed by atoms with Crippen molar-refractivity contribution in [2.24, 2.45) is 17.6 Å². The fraction of sp³-hybridized carbons (Fsp3) is 0.632. The summed E-state index contributed by atoms with van der Waals surface area (Å²) < 4.78 is 5.46. The second-order valence-electron chi connectivity index (χ2n) is 7.14. The van der Waals surface area contributed by atoms with Gasteiger partial charge in [-0.3, -0.25) is 4.79 Å². The average Bonchev–Trinajstić information content (AvgIpc) is 3.08. The Morgan fingerprint density at radius 2 is 2.17 bits per heavy atom. The van der Waals surface area contributed by atoms with Crippen molar-refractivity contribution in [3.05, 3.63) is 24.3 Å². The topological polar surface area (TPSA) is 67.6 Å². The van der Waals surface area contributed by atoms with Crippen LogP contribution in [0.15, 0.2) is 24.3 Å². The quantitative estimate of drug-likeness (QED) is 0.867. The highest BCUT2D eigenvalue weighted by Crippen LogP contribution is 2.31. The Morgan fingerprint density at radius 3 is 2.96 bits per heavy atom. The van der Waals surface area contributed by atoms with Gasteiger partial charge in [-0.25, -0.2) is 0 Å². The molecule has 0 bridgehead atoms. The van der Waals surface area contributed by atoms with E-state index in [0.29, 0.717) is 5.92 Å². The lowest BCUT2D eigenvalue weighted by Gasteiger charge is -2.26. The molecule has 1 aliphatic carbocycles. The number of methoxy groups -OCH3 is 1. The molecule has 5 heteroatoms. The van der Waals surface area contributed by atoms with Crippen molar-refractivity contribution in [1.29, 1.82) is 0 Å². The maximum absolute atomic E-state index is 12.4. The zero-order valence-electron chi connectivity index (χ0n) is 14.5. The van der Waals surface area contributed by atoms with Crippen LogP contribution in [-0.4, -0.2) is 38.7 Å². The van der Waals surface area contributed by atoms with Crippen molar-refractivity contribution < 1.29 is 9.53 Å². The first-order chi connectivity index (χ1) is 11.7. The van der Waals surface area contributed by atoms with Gasteiger partial charge < -0.3 is 20.7 Å². The maximum atomic E-state index is 12.4. The molecule has 3 N–H and O–H groups in total. The molecule has 0 aromatic heterocycles. The standard InChI is InChI=1S/C19H29N3O2/c1-24-18-8-3-2-7-17(18)22-10-9-14(13-22)12-21-19(23)15-5-4-6-16(20)11-15/h2-3,7-8,14-16H,4-6,9-13,20H2,1H3,(H,21,23)/t14-,15-,16+/m1/s1. The van der Waals surface area contributed by atoms with Crippen molar-refractivity contribution in [2.45, 2.75) is 38.1 Å². The molecule has 1 aromatic carbocycles. The van der Waals surface area contributed by atoms with E-state index < -0.39 is 0 Å². The number of carbonyl (C=O) groups excluding carboxylic acids is 1. The smallest absolute Gasteiger partial charge is 0.223 e. The summed E-state index contributed by atoms with van der Waals surface area (Å²) in [6.07, 6.45) is 5.05. The van der Waals surface area contributed by atoms with Gasteiger partial charge in [0.1, 0.15) is 5.75 Å². The molecule has 0 radical (unpaired) electrons. The second kappa shape index (κ2) is 7.88. The molecule has 3 rings (SSSR count). The zero-order valence-corrected chi connectivity index (χ0v) is 14.5. The van der Waals surface area contributed by atoms with Gasteiger partial charge in [-0.1, -0.05) is 18.6 Å². The molecule has 24 heavy (non-hydrogen) atoms. The molecule has 2 aliphatic rings. The van der Waals surface area contributed by atoms with Gasteiger partial charge in [0.2, 0.25) is 5.91 Å². The normalized spacial score (nSPS) is 27.1. The first-order valence-electron chi connectivity index (χ1n) is 9.08. The minimum absolute atomic E-state index is 0.112. The third kappa shape index (κ3) is 4.01. The van der Waals surface area contributed by atoms with Crippen LogP contribution in [0.3, 0.4) is 0 Å². The molecule has 1 heterocycles. The van der Waals surface area contributed by atoms with E-state index in [9.17, 15) is 4.79 Å². The van der Waals surface area contributed by atoms with Gasteiger partial charge in [0, 0.05) is 31.6 Å². The summed E-state index contributed by atoms with van der Waals surface area (Å²) in [6.45, 7) is 2.73. The second-order valence-corrected chi connectivity index (χ2v) is 7.14. The van der Waals surface area contributed by atoms with Gasteiger partial charge in [-0.15, -0.1) is 0 Å². The van der Waals surface area contributed by atoms with Gasteiger partial charge in [0.15, 0.2) is 0 Å². The predicted molar refractivity (Wildman–Crippen MR) is 96.3 cm³/mol.